The molecule has 150 valence electrons. The quantitative estimate of drug-likeness (QED) is 0.634. The van der Waals surface area contributed by atoms with Gasteiger partial charge in [-0.2, -0.15) is 4.98 Å². The minimum Gasteiger partial charge on any atom is -0.323 e. The number of halogens is 2. The first-order valence-electron chi connectivity index (χ1n) is 9.51. The first kappa shape index (κ1) is 18.7. The summed E-state index contributed by atoms with van der Waals surface area (Å²) in [6, 6.07) is 7.76. The van der Waals surface area contributed by atoms with Gasteiger partial charge in [-0.3, -0.25) is 0 Å². The lowest BCUT2D eigenvalue weighted by Gasteiger charge is -2.16. The molecule has 0 fully saturated rings. The van der Waals surface area contributed by atoms with Crippen LogP contribution in [0.4, 0.5) is 19.9 Å². The van der Waals surface area contributed by atoms with E-state index in [1.165, 1.54) is 46.5 Å². The van der Waals surface area contributed by atoms with Crippen molar-refractivity contribution in [1.29, 1.82) is 0 Å². The maximum absolute atomic E-state index is 13.6. The zero-order chi connectivity index (χ0) is 20.0. The Hall–Kier alpha value is -2.26. The molecule has 2 aliphatic rings. The van der Waals surface area contributed by atoms with Crippen molar-refractivity contribution in [3.8, 4) is 0 Å². The lowest BCUT2D eigenvalue weighted by Crippen LogP contribution is -2.05. The van der Waals surface area contributed by atoms with Gasteiger partial charge in [-0.1, -0.05) is 12.1 Å². The van der Waals surface area contributed by atoms with Crippen LogP contribution in [0.3, 0.4) is 0 Å². The van der Waals surface area contributed by atoms with Crippen molar-refractivity contribution in [3.63, 3.8) is 0 Å². The number of hydrogen-bond acceptors (Lipinski definition) is 5. The molecule has 29 heavy (non-hydrogen) atoms. The monoisotopic (exact) mass is 432 g/mol. The topological polar surface area (TPSA) is 59.8 Å². The fourth-order valence-electron chi connectivity index (χ4n) is 4.25. The largest absolute Gasteiger partial charge is 0.323 e. The first-order chi connectivity index (χ1) is 14.1. The Labute approximate surface area is 173 Å². The van der Waals surface area contributed by atoms with Crippen molar-refractivity contribution in [1.82, 2.24) is 14.2 Å². The minimum absolute atomic E-state index is 0.0625. The Kier molecular flexibility index (Phi) is 4.87. The third-order valence-corrected chi connectivity index (χ3v) is 7.08. The molecule has 0 radical (unpaired) electrons. The molecule has 9 heteroatoms. The summed E-state index contributed by atoms with van der Waals surface area (Å²) >= 11 is -0.110. The third kappa shape index (κ3) is 3.36. The number of aromatic nitrogens is 3. The van der Waals surface area contributed by atoms with E-state index in [1.54, 1.807) is 0 Å². The molecule has 2 aromatic carbocycles. The average Bonchev–Trinajstić information content (AvgIpc) is 3.46. The highest BCUT2D eigenvalue weighted by atomic mass is 32.2. The Balaban J connectivity index is 1.53. The Morgan fingerprint density at radius 3 is 2.45 bits per heavy atom. The van der Waals surface area contributed by atoms with Crippen LogP contribution in [0.2, 0.25) is 0 Å². The van der Waals surface area contributed by atoms with Gasteiger partial charge in [0.25, 0.3) is 0 Å². The number of anilines is 2. The van der Waals surface area contributed by atoms with Gasteiger partial charge in [0.05, 0.1) is 0 Å². The summed E-state index contributed by atoms with van der Waals surface area (Å²) in [5, 5.41) is 7.25. The van der Waals surface area contributed by atoms with Crippen molar-refractivity contribution in [2.45, 2.75) is 48.6 Å². The summed E-state index contributed by atoms with van der Waals surface area (Å²) in [4.78, 5) is 4.53. The number of benzene rings is 2. The smallest absolute Gasteiger partial charge is 0.246 e. The maximum Gasteiger partial charge on any atom is 0.246 e. The van der Waals surface area contributed by atoms with Crippen molar-refractivity contribution < 1.29 is 12.5 Å². The second kappa shape index (κ2) is 7.53. The SMILES string of the molecule is O=S(c1cccc(F)c1)c1nc(Nc2c3c(cc4c2CCC4)CCC3)n(SF)n1. The molecule has 5 rings (SSSR count). The van der Waals surface area contributed by atoms with Gasteiger partial charge in [-0.05, 0) is 79.0 Å². The van der Waals surface area contributed by atoms with Crippen LogP contribution in [0.1, 0.15) is 35.1 Å². The van der Waals surface area contributed by atoms with Crippen LogP contribution in [0.15, 0.2) is 40.4 Å². The lowest BCUT2D eigenvalue weighted by atomic mass is 9.99. The van der Waals surface area contributed by atoms with E-state index in [4.69, 9.17) is 0 Å². The molecule has 0 bridgehead atoms. The van der Waals surface area contributed by atoms with Gasteiger partial charge >= 0.3 is 0 Å². The molecule has 1 N–H and O–H groups in total. The van der Waals surface area contributed by atoms with Crippen molar-refractivity contribution in [2.24, 2.45) is 0 Å². The van der Waals surface area contributed by atoms with E-state index < -0.39 is 16.6 Å². The molecule has 2 aliphatic carbocycles. The van der Waals surface area contributed by atoms with E-state index in [0.717, 1.165) is 48.3 Å². The standard InChI is InChI=1S/C20H18F2N4OS2/c21-14-6-3-7-15(11-14)29(27)20-24-19(26(25-20)28-22)23-18-16-8-1-4-12(16)10-13-5-2-9-17(13)18/h3,6-7,10-11H,1-2,4-5,8-9H2,(H,23,24,25). The fraction of sp³-hybridized carbons (Fsp3) is 0.300. The number of aryl methyl sites for hydroxylation is 2. The highest BCUT2D eigenvalue weighted by molar-refractivity contribution is 7.92. The van der Waals surface area contributed by atoms with E-state index in [-0.39, 0.29) is 28.3 Å². The predicted molar refractivity (Wildman–Crippen MR) is 109 cm³/mol. The van der Waals surface area contributed by atoms with E-state index in [2.05, 4.69) is 21.5 Å². The summed E-state index contributed by atoms with van der Waals surface area (Å²) in [5.41, 5.74) is 6.21. The summed E-state index contributed by atoms with van der Waals surface area (Å²) in [7, 11) is -1.81. The summed E-state index contributed by atoms with van der Waals surface area (Å²) < 4.78 is 40.8. The van der Waals surface area contributed by atoms with Crippen molar-refractivity contribution >= 4 is 34.8 Å². The molecule has 0 amide bonds. The maximum atomic E-state index is 13.6. The molecule has 0 spiro atoms. The molecule has 0 saturated heterocycles. The number of rotatable bonds is 5. The van der Waals surface area contributed by atoms with E-state index >= 15 is 0 Å². The average molecular weight is 433 g/mol. The number of nitrogens with zero attached hydrogens (tertiary/aromatic N) is 3. The van der Waals surface area contributed by atoms with Gasteiger partial charge in [0, 0.05) is 10.6 Å². The van der Waals surface area contributed by atoms with Crippen LogP contribution in [0, 0.1) is 5.82 Å². The zero-order valence-corrected chi connectivity index (χ0v) is 17.1. The highest BCUT2D eigenvalue weighted by Gasteiger charge is 2.26. The Morgan fingerprint density at radius 1 is 1.07 bits per heavy atom. The van der Waals surface area contributed by atoms with Crippen LogP contribution in [0.25, 0.3) is 0 Å². The van der Waals surface area contributed by atoms with Gasteiger partial charge in [0.15, 0.2) is 12.3 Å². The summed E-state index contributed by atoms with van der Waals surface area (Å²) in [6.45, 7) is 0. The Morgan fingerprint density at radius 2 is 1.79 bits per heavy atom. The number of hydrogen-bond donors (Lipinski definition) is 1. The van der Waals surface area contributed by atoms with Crippen molar-refractivity contribution in [3.05, 3.63) is 58.4 Å². The van der Waals surface area contributed by atoms with Crippen LogP contribution >= 0.6 is 12.3 Å². The van der Waals surface area contributed by atoms with Gasteiger partial charge in [-0.25, -0.2) is 8.60 Å². The molecule has 1 unspecified atom stereocenters. The lowest BCUT2D eigenvalue weighted by molar-refractivity contribution is 0.622. The summed E-state index contributed by atoms with van der Waals surface area (Å²) in [6.07, 6.45) is 6.26. The van der Waals surface area contributed by atoms with E-state index in [0.29, 0.717) is 0 Å². The number of fused-ring (bicyclic) bond motifs is 2. The molecule has 1 aromatic heterocycles. The minimum atomic E-state index is -1.81. The van der Waals surface area contributed by atoms with Crippen LogP contribution < -0.4 is 5.32 Å². The van der Waals surface area contributed by atoms with Gasteiger partial charge in [0.1, 0.15) is 16.6 Å². The van der Waals surface area contributed by atoms with Gasteiger partial charge in [-0.15, -0.1) is 13.1 Å². The number of nitrogens with one attached hydrogen (secondary N) is 1. The van der Waals surface area contributed by atoms with Crippen LogP contribution in [-0.2, 0) is 36.5 Å². The molecule has 1 heterocycles. The van der Waals surface area contributed by atoms with Crippen LogP contribution in [-0.4, -0.2) is 18.4 Å². The molecule has 0 saturated carbocycles. The van der Waals surface area contributed by atoms with Crippen molar-refractivity contribution in [2.75, 3.05) is 5.32 Å². The van der Waals surface area contributed by atoms with Gasteiger partial charge in [0.2, 0.25) is 11.1 Å². The molecular formula is C20H18F2N4OS2. The predicted octanol–water partition coefficient (Wildman–Crippen LogP) is 4.69. The molecule has 0 aliphatic heterocycles. The van der Waals surface area contributed by atoms with E-state index in [1.807, 2.05) is 0 Å². The first-order valence-corrected chi connectivity index (χ1v) is 11.3. The highest BCUT2D eigenvalue weighted by Crippen LogP contribution is 2.40. The normalized spacial score (nSPS) is 15.9. The third-order valence-electron chi connectivity index (χ3n) is 5.51. The fourth-order valence-corrected chi connectivity index (χ4v) is 5.52. The summed E-state index contributed by atoms with van der Waals surface area (Å²) in [5.74, 6) is -0.310. The molecule has 5 nitrogen and oxygen atoms in total. The zero-order valence-electron chi connectivity index (χ0n) is 15.5. The van der Waals surface area contributed by atoms with E-state index in [9.17, 15) is 12.5 Å². The second-order valence-corrected chi connectivity index (χ2v) is 9.10. The second-order valence-electron chi connectivity index (χ2n) is 7.25. The van der Waals surface area contributed by atoms with Crippen LogP contribution in [0.5, 0.6) is 0 Å². The molecular weight excluding hydrogens is 414 g/mol. The molecule has 1 atom stereocenters. The molecule has 3 aromatic rings. The van der Waals surface area contributed by atoms with Gasteiger partial charge < -0.3 is 5.32 Å². The Bertz CT molecular complexity index is 1100.